The van der Waals surface area contributed by atoms with Gasteiger partial charge >= 0.3 is 51.4 Å². The van der Waals surface area contributed by atoms with E-state index in [-0.39, 0.29) is 55.7 Å². The summed E-state index contributed by atoms with van der Waals surface area (Å²) < 4.78 is -0.0231. The molecule has 0 aliphatic carbocycles. The van der Waals surface area contributed by atoms with Gasteiger partial charge in [-0.2, -0.15) is 0 Å². The van der Waals surface area contributed by atoms with Gasteiger partial charge in [0.05, 0.1) is 0 Å². The minimum Gasteiger partial charge on any atom is -0.409 e. The Balaban J connectivity index is 0. The van der Waals surface area contributed by atoms with Crippen LogP contribution in [0.15, 0.2) is 0 Å². The molecular weight excluding hydrogens is 145 g/mol. The Kier molecular flexibility index (Phi) is 11.9. The van der Waals surface area contributed by atoms with Gasteiger partial charge in [-0.05, 0) is 4.32 Å². The van der Waals surface area contributed by atoms with Gasteiger partial charge in [-0.25, -0.2) is 0 Å². The van der Waals surface area contributed by atoms with E-state index in [0.29, 0.717) is 0 Å². The summed E-state index contributed by atoms with van der Waals surface area (Å²) in [6.07, 6.45) is 0. The molecule has 0 spiro atoms. The van der Waals surface area contributed by atoms with Crippen molar-refractivity contribution in [1.29, 1.82) is 0 Å². The summed E-state index contributed by atoms with van der Waals surface area (Å²) in [6.45, 7) is 0. The van der Waals surface area contributed by atoms with Crippen molar-refractivity contribution >= 4 is 29.2 Å². The predicted molar refractivity (Wildman–Crippen MR) is 24.9 cm³/mol. The zero-order chi connectivity index (χ0) is 4.28. The van der Waals surface area contributed by atoms with Gasteiger partial charge in [0, 0.05) is 0 Å². The first-order valence-corrected chi connectivity index (χ1v) is 1.70. The van der Waals surface area contributed by atoms with Crippen molar-refractivity contribution in [1.82, 2.24) is 5.48 Å². The van der Waals surface area contributed by atoms with Gasteiger partial charge in [-0.3, -0.25) is 10.7 Å². The summed E-state index contributed by atoms with van der Waals surface area (Å²) in [4.78, 5) is 0. The van der Waals surface area contributed by atoms with E-state index in [9.17, 15) is 0 Å². The zero-order valence-corrected chi connectivity index (χ0v) is 8.02. The molecule has 0 atom stereocenters. The molecule has 0 aliphatic rings. The van der Waals surface area contributed by atoms with E-state index in [0.717, 1.165) is 0 Å². The Bertz CT molecular complexity index is 48.8. The van der Waals surface area contributed by atoms with Gasteiger partial charge in [0.2, 0.25) is 0 Å². The van der Waals surface area contributed by atoms with Crippen molar-refractivity contribution in [2.75, 3.05) is 0 Å². The molecule has 0 radical (unpaired) electrons. The van der Waals surface area contributed by atoms with Gasteiger partial charge < -0.3 is 24.8 Å². The monoisotopic (exact) mass is 147 g/mol. The second-order valence-electron chi connectivity index (χ2n) is 0.399. The molecule has 0 saturated carbocycles. The molecule has 6 heavy (non-hydrogen) atoms. The topological polar surface area (TPSA) is 32.3 Å². The summed E-state index contributed by atoms with van der Waals surface area (Å²) in [5.41, 5.74) is 1.57. The molecular formula is CH2KNOS2. The van der Waals surface area contributed by atoms with Crippen LogP contribution in [0.5, 0.6) is 0 Å². The minimum absolute atomic E-state index is 0. The first-order valence-electron chi connectivity index (χ1n) is 0.882. The third kappa shape index (κ3) is 9.20. The largest absolute Gasteiger partial charge is 1.00 e. The molecule has 0 rings (SSSR count). The van der Waals surface area contributed by atoms with E-state index >= 15 is 0 Å². The second kappa shape index (κ2) is 6.71. The zero-order valence-electron chi connectivity index (χ0n) is 3.26. The average molecular weight is 147 g/mol. The third-order valence-electron chi connectivity index (χ3n) is 0.0913. The fourth-order valence-electron chi connectivity index (χ4n) is 0. The SMILES string of the molecule is ONC(=S)[S-].[K+]. The van der Waals surface area contributed by atoms with Gasteiger partial charge in [-0.15, -0.1) is 0 Å². The molecule has 0 aromatic rings. The third-order valence-corrected chi connectivity index (χ3v) is 0.274. The number of thiocarbonyl (C=S) groups is 1. The van der Waals surface area contributed by atoms with Crippen LogP contribution in [0.3, 0.4) is 0 Å². The molecule has 5 heteroatoms. The molecule has 0 aromatic carbocycles. The van der Waals surface area contributed by atoms with Crippen LogP contribution in [0.25, 0.3) is 0 Å². The van der Waals surface area contributed by atoms with Crippen LogP contribution in [-0.4, -0.2) is 9.53 Å². The molecule has 0 fully saturated rings. The molecule has 30 valence electrons. The Hall–Kier alpha value is 1.71. The Labute approximate surface area is 89.5 Å². The standard InChI is InChI=1S/CH3NOS2.K/c3-2-1(4)5;/h3H,(H2,2,4,5);/q;+1/p-1. The van der Waals surface area contributed by atoms with Crippen molar-refractivity contribution in [3.8, 4) is 0 Å². The quantitative estimate of drug-likeness (QED) is 0.164. The van der Waals surface area contributed by atoms with Crippen LogP contribution in [-0.2, 0) is 12.6 Å². The number of hydroxylamine groups is 1. The first kappa shape index (κ1) is 10.6. The average Bonchev–Trinajstić information content (AvgIpc) is 1.38. The normalized spacial score (nSPS) is 5.50. The van der Waals surface area contributed by atoms with E-state index in [2.05, 4.69) is 24.8 Å². The Morgan fingerprint density at radius 2 is 2.00 bits per heavy atom. The molecule has 0 saturated heterocycles. The molecule has 2 N–H and O–H groups in total. The summed E-state index contributed by atoms with van der Waals surface area (Å²) in [5, 5.41) is 7.65. The van der Waals surface area contributed by atoms with Gasteiger partial charge in [0.15, 0.2) is 0 Å². The van der Waals surface area contributed by atoms with E-state index in [4.69, 9.17) is 5.21 Å². The summed E-state index contributed by atoms with van der Waals surface area (Å²) in [7, 11) is 0. The molecule has 0 aromatic heterocycles. The smallest absolute Gasteiger partial charge is 0.409 e. The van der Waals surface area contributed by atoms with Crippen molar-refractivity contribution in [3.63, 3.8) is 0 Å². The van der Waals surface area contributed by atoms with Crippen LogP contribution < -0.4 is 56.9 Å². The predicted octanol–water partition coefficient (Wildman–Crippen LogP) is -3.20. The van der Waals surface area contributed by atoms with Crippen molar-refractivity contribution < 1.29 is 56.6 Å². The van der Waals surface area contributed by atoms with Crippen LogP contribution in [0.1, 0.15) is 0 Å². The molecule has 0 heterocycles. The molecule has 0 bridgehead atoms. The molecule has 2 nitrogen and oxygen atoms in total. The Morgan fingerprint density at radius 3 is 2.00 bits per heavy atom. The van der Waals surface area contributed by atoms with Crippen molar-refractivity contribution in [2.45, 2.75) is 0 Å². The van der Waals surface area contributed by atoms with E-state index < -0.39 is 0 Å². The van der Waals surface area contributed by atoms with Crippen LogP contribution in [0.4, 0.5) is 0 Å². The molecule has 0 aliphatic heterocycles. The van der Waals surface area contributed by atoms with Crippen molar-refractivity contribution in [2.24, 2.45) is 0 Å². The fourth-order valence-corrected chi connectivity index (χ4v) is 0. The summed E-state index contributed by atoms with van der Waals surface area (Å²) in [5.74, 6) is 0. The fraction of sp³-hybridized carbons (Fsp3) is 0. The maximum Gasteiger partial charge on any atom is 1.00 e. The van der Waals surface area contributed by atoms with E-state index in [1.165, 1.54) is 0 Å². The summed E-state index contributed by atoms with van der Waals surface area (Å²) in [6, 6.07) is 0. The van der Waals surface area contributed by atoms with Crippen molar-refractivity contribution in [3.05, 3.63) is 0 Å². The van der Waals surface area contributed by atoms with Gasteiger partial charge in [0.1, 0.15) is 0 Å². The Morgan fingerprint density at radius 1 is 1.83 bits per heavy atom. The molecule has 0 amide bonds. The number of hydrogen-bond donors (Lipinski definition) is 2. The second-order valence-corrected chi connectivity index (χ2v) is 1.47. The van der Waals surface area contributed by atoms with E-state index in [1.807, 2.05) is 0 Å². The van der Waals surface area contributed by atoms with E-state index in [1.54, 1.807) is 5.48 Å². The van der Waals surface area contributed by atoms with Crippen LogP contribution >= 0.6 is 12.2 Å². The minimum atomic E-state index is -0.0231. The van der Waals surface area contributed by atoms with Crippen LogP contribution in [0, 0.1) is 0 Å². The maximum absolute atomic E-state index is 7.65. The molecule has 0 unspecified atom stereocenters. The first-order chi connectivity index (χ1) is 2.27. The van der Waals surface area contributed by atoms with Gasteiger partial charge in [-0.1, -0.05) is 0 Å². The number of hydrogen-bond acceptors (Lipinski definition) is 3. The number of nitrogens with one attached hydrogen (secondary N) is 1. The number of rotatable bonds is 0. The van der Waals surface area contributed by atoms with Gasteiger partial charge in [0.25, 0.3) is 0 Å². The van der Waals surface area contributed by atoms with Crippen LogP contribution in [0.2, 0.25) is 0 Å². The summed E-state index contributed by atoms with van der Waals surface area (Å²) >= 11 is 8.30. The maximum atomic E-state index is 7.65.